The maximum absolute atomic E-state index is 3.55. The van der Waals surface area contributed by atoms with Gasteiger partial charge in [-0.15, -0.1) is 0 Å². The molecule has 1 aliphatic carbocycles. The number of hydrogen-bond donors (Lipinski definition) is 1. The summed E-state index contributed by atoms with van der Waals surface area (Å²) >= 11 is 0. The first-order chi connectivity index (χ1) is 9.29. The van der Waals surface area contributed by atoms with Crippen molar-refractivity contribution >= 4 is 0 Å². The Bertz CT molecular complexity index is 235. The molecule has 2 nitrogen and oxygen atoms in total. The molecule has 1 saturated carbocycles. The Morgan fingerprint density at radius 1 is 1.00 bits per heavy atom. The quantitative estimate of drug-likeness (QED) is 0.764. The molecule has 0 spiro atoms. The lowest BCUT2D eigenvalue weighted by Gasteiger charge is -2.32. The fourth-order valence-electron chi connectivity index (χ4n) is 4.13. The van der Waals surface area contributed by atoms with Crippen LogP contribution >= 0.6 is 0 Å². The molecule has 1 saturated heterocycles. The molecule has 3 unspecified atom stereocenters. The summed E-state index contributed by atoms with van der Waals surface area (Å²) in [5.41, 5.74) is 0. The van der Waals surface area contributed by atoms with E-state index in [1.54, 1.807) is 0 Å². The molecule has 1 aliphatic heterocycles. The van der Waals surface area contributed by atoms with Crippen molar-refractivity contribution in [3.63, 3.8) is 0 Å². The highest BCUT2D eigenvalue weighted by Crippen LogP contribution is 2.29. The third kappa shape index (κ3) is 5.07. The van der Waals surface area contributed by atoms with Gasteiger partial charge in [0.05, 0.1) is 0 Å². The van der Waals surface area contributed by atoms with Crippen LogP contribution in [0.4, 0.5) is 0 Å². The van der Waals surface area contributed by atoms with Crippen LogP contribution in [0.15, 0.2) is 0 Å². The minimum Gasteiger partial charge on any atom is -0.316 e. The number of piperidine rings is 1. The summed E-state index contributed by atoms with van der Waals surface area (Å²) in [5.74, 6) is 1.92. The molecule has 1 N–H and O–H groups in total. The van der Waals surface area contributed by atoms with Gasteiger partial charge in [-0.3, -0.25) is 0 Å². The van der Waals surface area contributed by atoms with E-state index < -0.39 is 0 Å². The lowest BCUT2D eigenvalue weighted by Crippen LogP contribution is -2.40. The monoisotopic (exact) mass is 266 g/mol. The maximum Gasteiger partial charge on any atom is 0.00924 e. The second-order valence-electron chi connectivity index (χ2n) is 6.97. The minimum absolute atomic E-state index is 0.865. The van der Waals surface area contributed by atoms with Crippen LogP contribution in [0.25, 0.3) is 0 Å². The van der Waals surface area contributed by atoms with Crippen LogP contribution in [0.5, 0.6) is 0 Å². The summed E-state index contributed by atoms with van der Waals surface area (Å²) in [6, 6.07) is 0.865. The van der Waals surface area contributed by atoms with Crippen molar-refractivity contribution < 1.29 is 0 Å². The van der Waals surface area contributed by atoms with E-state index in [2.05, 4.69) is 24.2 Å². The predicted octanol–water partition coefficient (Wildman–Crippen LogP) is 3.67. The first-order valence-corrected chi connectivity index (χ1v) is 8.70. The number of rotatable bonds is 5. The van der Waals surface area contributed by atoms with E-state index in [0.717, 1.165) is 17.9 Å². The summed E-state index contributed by atoms with van der Waals surface area (Å²) in [6.45, 7) is 6.14. The molecule has 2 heteroatoms. The normalized spacial score (nSPS) is 33.3. The van der Waals surface area contributed by atoms with Gasteiger partial charge in [0.15, 0.2) is 0 Å². The second kappa shape index (κ2) is 8.26. The van der Waals surface area contributed by atoms with Crippen LogP contribution in [0.1, 0.15) is 64.7 Å². The second-order valence-corrected chi connectivity index (χ2v) is 6.97. The largest absolute Gasteiger partial charge is 0.316 e. The molecule has 112 valence electrons. The average Bonchev–Trinajstić information content (AvgIpc) is 2.66. The molecule has 19 heavy (non-hydrogen) atoms. The first-order valence-electron chi connectivity index (χ1n) is 8.70. The minimum atomic E-state index is 0.865. The van der Waals surface area contributed by atoms with Crippen molar-refractivity contribution in [2.45, 2.75) is 70.8 Å². The highest BCUT2D eigenvalue weighted by atomic mass is 15.1. The van der Waals surface area contributed by atoms with E-state index in [1.165, 1.54) is 77.4 Å². The number of nitrogens with zero attached hydrogens (tertiary/aromatic N) is 1. The van der Waals surface area contributed by atoms with Gasteiger partial charge in [0.25, 0.3) is 0 Å². The van der Waals surface area contributed by atoms with Gasteiger partial charge in [-0.1, -0.05) is 32.6 Å². The van der Waals surface area contributed by atoms with Crippen LogP contribution in [-0.4, -0.2) is 37.6 Å². The SMILES string of the molecule is CCCC1CCCC(N(C)CC2CCCNC2)CC1. The number of nitrogens with one attached hydrogen (secondary N) is 1. The van der Waals surface area contributed by atoms with E-state index in [0.29, 0.717) is 0 Å². The predicted molar refractivity (Wildman–Crippen MR) is 83.5 cm³/mol. The van der Waals surface area contributed by atoms with Crippen molar-refractivity contribution in [3.05, 3.63) is 0 Å². The van der Waals surface area contributed by atoms with Crippen LogP contribution in [0.2, 0.25) is 0 Å². The highest BCUT2D eigenvalue weighted by Gasteiger charge is 2.23. The molecule has 0 aromatic heterocycles. The van der Waals surface area contributed by atoms with Crippen molar-refractivity contribution in [1.82, 2.24) is 10.2 Å². The van der Waals surface area contributed by atoms with Crippen LogP contribution < -0.4 is 5.32 Å². The molecule has 1 heterocycles. The molecule has 0 bridgehead atoms. The summed E-state index contributed by atoms with van der Waals surface area (Å²) in [5, 5.41) is 3.55. The molecular weight excluding hydrogens is 232 g/mol. The number of hydrogen-bond acceptors (Lipinski definition) is 2. The summed E-state index contributed by atoms with van der Waals surface area (Å²) in [7, 11) is 2.37. The van der Waals surface area contributed by atoms with Crippen LogP contribution in [-0.2, 0) is 0 Å². The van der Waals surface area contributed by atoms with Crippen molar-refractivity contribution in [2.24, 2.45) is 11.8 Å². The zero-order valence-electron chi connectivity index (χ0n) is 13.2. The van der Waals surface area contributed by atoms with E-state index in [1.807, 2.05) is 0 Å². The van der Waals surface area contributed by atoms with Gasteiger partial charge in [-0.05, 0) is 64.1 Å². The van der Waals surface area contributed by atoms with Crippen molar-refractivity contribution in [2.75, 3.05) is 26.7 Å². The standard InChI is InChI=1S/C17H34N2/c1-3-6-15-7-4-9-17(11-10-15)19(2)14-16-8-5-12-18-13-16/h15-18H,3-14H2,1-2H3. The molecule has 3 atom stereocenters. The lowest BCUT2D eigenvalue weighted by atomic mass is 9.95. The van der Waals surface area contributed by atoms with E-state index in [-0.39, 0.29) is 0 Å². The first kappa shape index (κ1) is 15.3. The third-order valence-electron chi connectivity index (χ3n) is 5.32. The topological polar surface area (TPSA) is 15.3 Å². The Kier molecular flexibility index (Phi) is 6.66. The fraction of sp³-hybridized carbons (Fsp3) is 1.00. The van der Waals surface area contributed by atoms with Gasteiger partial charge in [0.1, 0.15) is 0 Å². The Morgan fingerprint density at radius 2 is 1.84 bits per heavy atom. The highest BCUT2D eigenvalue weighted by molar-refractivity contribution is 4.79. The molecule has 2 aliphatic rings. The van der Waals surface area contributed by atoms with Crippen LogP contribution in [0.3, 0.4) is 0 Å². The zero-order valence-corrected chi connectivity index (χ0v) is 13.2. The molecule has 0 aromatic carbocycles. The van der Waals surface area contributed by atoms with Gasteiger partial charge >= 0.3 is 0 Å². The van der Waals surface area contributed by atoms with Crippen molar-refractivity contribution in [3.8, 4) is 0 Å². The lowest BCUT2D eigenvalue weighted by molar-refractivity contribution is 0.173. The molecule has 0 amide bonds. The Balaban J connectivity index is 1.73. The molecule has 2 rings (SSSR count). The molecular formula is C17H34N2. The Labute approximate surface area is 120 Å². The van der Waals surface area contributed by atoms with Crippen LogP contribution in [0, 0.1) is 11.8 Å². The van der Waals surface area contributed by atoms with Gasteiger partial charge in [-0.25, -0.2) is 0 Å². The smallest absolute Gasteiger partial charge is 0.00924 e. The summed E-state index contributed by atoms with van der Waals surface area (Å²) < 4.78 is 0. The molecule has 0 aromatic rings. The van der Waals surface area contributed by atoms with Gasteiger partial charge in [-0.2, -0.15) is 0 Å². The van der Waals surface area contributed by atoms with E-state index >= 15 is 0 Å². The molecule has 0 radical (unpaired) electrons. The zero-order chi connectivity index (χ0) is 13.5. The Morgan fingerprint density at radius 3 is 2.58 bits per heavy atom. The van der Waals surface area contributed by atoms with E-state index in [4.69, 9.17) is 0 Å². The third-order valence-corrected chi connectivity index (χ3v) is 5.32. The molecule has 2 fully saturated rings. The van der Waals surface area contributed by atoms with Crippen molar-refractivity contribution in [1.29, 1.82) is 0 Å². The van der Waals surface area contributed by atoms with E-state index in [9.17, 15) is 0 Å². The fourth-order valence-corrected chi connectivity index (χ4v) is 4.13. The van der Waals surface area contributed by atoms with Gasteiger partial charge < -0.3 is 10.2 Å². The van der Waals surface area contributed by atoms with Gasteiger partial charge in [0, 0.05) is 12.6 Å². The summed E-state index contributed by atoms with van der Waals surface area (Å²) in [4.78, 5) is 2.69. The van der Waals surface area contributed by atoms with Gasteiger partial charge in [0.2, 0.25) is 0 Å². The Hall–Kier alpha value is -0.0800. The summed E-state index contributed by atoms with van der Waals surface area (Å²) in [6.07, 6.45) is 13.0. The average molecular weight is 266 g/mol. The maximum atomic E-state index is 3.55.